The van der Waals surface area contributed by atoms with E-state index in [-0.39, 0.29) is 11.8 Å². The van der Waals surface area contributed by atoms with E-state index in [2.05, 4.69) is 25.7 Å². The Morgan fingerprint density at radius 1 is 1.23 bits per heavy atom. The molecule has 0 radical (unpaired) electrons. The molecule has 2 amide bonds. The Bertz CT molecular complexity index is 1140. The Labute approximate surface area is 173 Å². The second kappa shape index (κ2) is 6.65. The zero-order valence-corrected chi connectivity index (χ0v) is 16.7. The summed E-state index contributed by atoms with van der Waals surface area (Å²) in [6.45, 7) is 0.438. The minimum atomic E-state index is -0.860. The third kappa shape index (κ3) is 2.51. The van der Waals surface area contributed by atoms with E-state index < -0.39 is 11.5 Å². The monoisotopic (exact) mass is 403 g/mol. The predicted molar refractivity (Wildman–Crippen MR) is 110 cm³/mol. The van der Waals surface area contributed by atoms with Crippen molar-refractivity contribution in [3.05, 3.63) is 65.7 Å². The highest BCUT2D eigenvalue weighted by atomic mass is 16.2. The molecule has 1 aromatic carbocycles. The topological polar surface area (TPSA) is 105 Å². The van der Waals surface area contributed by atoms with E-state index >= 15 is 0 Å². The van der Waals surface area contributed by atoms with Crippen molar-refractivity contribution < 1.29 is 9.59 Å². The van der Waals surface area contributed by atoms with Crippen LogP contribution >= 0.6 is 0 Å². The molecule has 2 aliphatic heterocycles. The van der Waals surface area contributed by atoms with Crippen LogP contribution in [0.5, 0.6) is 0 Å². The molecule has 1 spiro atoms. The molecular formula is C21H21N7O2. The normalized spacial score (nSPS) is 22.3. The van der Waals surface area contributed by atoms with Crippen molar-refractivity contribution in [3.63, 3.8) is 0 Å². The van der Waals surface area contributed by atoms with E-state index in [4.69, 9.17) is 0 Å². The van der Waals surface area contributed by atoms with Crippen LogP contribution in [0.2, 0.25) is 0 Å². The molecule has 3 aromatic rings. The number of aromatic nitrogens is 4. The van der Waals surface area contributed by atoms with Crippen LogP contribution < -0.4 is 10.6 Å². The molecule has 2 atom stereocenters. The fraction of sp³-hybridized carbons (Fsp3) is 0.286. The molecule has 0 bridgehead atoms. The first-order valence-corrected chi connectivity index (χ1v) is 9.75. The van der Waals surface area contributed by atoms with Crippen molar-refractivity contribution in [2.24, 2.45) is 7.05 Å². The molecule has 5 rings (SSSR count). The van der Waals surface area contributed by atoms with Gasteiger partial charge in [-0.15, -0.1) is 0 Å². The van der Waals surface area contributed by atoms with Crippen molar-refractivity contribution in [1.29, 1.82) is 0 Å². The van der Waals surface area contributed by atoms with Gasteiger partial charge in [-0.1, -0.05) is 18.2 Å². The fourth-order valence-corrected chi connectivity index (χ4v) is 4.68. The van der Waals surface area contributed by atoms with Crippen LogP contribution in [-0.2, 0) is 17.3 Å². The van der Waals surface area contributed by atoms with Gasteiger partial charge in [0.2, 0.25) is 11.9 Å². The van der Waals surface area contributed by atoms with E-state index in [0.29, 0.717) is 24.5 Å². The number of anilines is 2. The standard InChI is InChI=1S/C21H21N7O2/c1-22-20-23-9-13(10-24-20)18(29)28-8-7-21(17(28)14-11-25-27(2)12-14)15-5-3-4-6-16(15)26-19(21)30/h3-6,9-12,17H,7-8H2,1-2H3,(H,26,30)(H,22,23,24)/t17-,21+/m0/s1. The van der Waals surface area contributed by atoms with Gasteiger partial charge in [-0.3, -0.25) is 14.3 Å². The van der Waals surface area contributed by atoms with Crippen molar-refractivity contribution in [2.45, 2.75) is 17.9 Å². The van der Waals surface area contributed by atoms with Crippen LogP contribution in [0.4, 0.5) is 11.6 Å². The number of amides is 2. The number of para-hydroxylation sites is 1. The van der Waals surface area contributed by atoms with Gasteiger partial charge in [-0.05, 0) is 18.1 Å². The quantitative estimate of drug-likeness (QED) is 0.690. The number of nitrogens with one attached hydrogen (secondary N) is 2. The summed E-state index contributed by atoms with van der Waals surface area (Å²) in [6, 6.07) is 7.21. The lowest BCUT2D eigenvalue weighted by Gasteiger charge is -2.33. The zero-order valence-electron chi connectivity index (χ0n) is 16.7. The molecule has 0 saturated carbocycles. The molecule has 1 fully saturated rings. The molecule has 30 heavy (non-hydrogen) atoms. The fourth-order valence-electron chi connectivity index (χ4n) is 4.68. The van der Waals surface area contributed by atoms with Crippen LogP contribution in [0, 0.1) is 0 Å². The highest BCUT2D eigenvalue weighted by Crippen LogP contribution is 2.54. The van der Waals surface area contributed by atoms with Gasteiger partial charge >= 0.3 is 0 Å². The average Bonchev–Trinajstić information content (AvgIpc) is 3.45. The second-order valence-electron chi connectivity index (χ2n) is 7.61. The van der Waals surface area contributed by atoms with Crippen molar-refractivity contribution in [3.8, 4) is 0 Å². The van der Waals surface area contributed by atoms with Crippen LogP contribution in [0.15, 0.2) is 49.1 Å². The summed E-state index contributed by atoms with van der Waals surface area (Å²) in [5.74, 6) is 0.146. The summed E-state index contributed by atoms with van der Waals surface area (Å²) in [6.07, 6.45) is 7.14. The Morgan fingerprint density at radius 3 is 2.70 bits per heavy atom. The third-order valence-electron chi connectivity index (χ3n) is 6.01. The first kappa shape index (κ1) is 18.3. The van der Waals surface area contributed by atoms with Crippen LogP contribution in [0.1, 0.15) is 33.9 Å². The highest BCUT2D eigenvalue weighted by molar-refractivity contribution is 6.08. The number of aryl methyl sites for hydroxylation is 1. The minimum absolute atomic E-state index is 0.0883. The maximum Gasteiger partial charge on any atom is 0.257 e. The average molecular weight is 403 g/mol. The number of benzene rings is 1. The van der Waals surface area contributed by atoms with E-state index in [1.807, 2.05) is 37.5 Å². The van der Waals surface area contributed by atoms with Gasteiger partial charge in [0.1, 0.15) is 5.41 Å². The van der Waals surface area contributed by atoms with Crippen LogP contribution in [-0.4, -0.2) is 50.1 Å². The van der Waals surface area contributed by atoms with Crippen molar-refractivity contribution in [1.82, 2.24) is 24.6 Å². The minimum Gasteiger partial charge on any atom is -0.357 e. The summed E-state index contributed by atoms with van der Waals surface area (Å²) in [5, 5.41) is 10.2. The van der Waals surface area contributed by atoms with E-state index in [1.54, 1.807) is 22.8 Å². The van der Waals surface area contributed by atoms with E-state index in [9.17, 15) is 9.59 Å². The predicted octanol–water partition coefficient (Wildman–Crippen LogP) is 1.73. The highest BCUT2D eigenvalue weighted by Gasteiger charge is 2.59. The van der Waals surface area contributed by atoms with Crippen molar-refractivity contribution in [2.75, 3.05) is 24.2 Å². The number of rotatable bonds is 3. The summed E-state index contributed by atoms with van der Waals surface area (Å²) >= 11 is 0. The molecule has 2 N–H and O–H groups in total. The van der Waals surface area contributed by atoms with E-state index in [0.717, 1.165) is 16.8 Å². The maximum atomic E-state index is 13.5. The largest absolute Gasteiger partial charge is 0.357 e. The third-order valence-corrected chi connectivity index (χ3v) is 6.01. The molecule has 0 unspecified atom stereocenters. The summed E-state index contributed by atoms with van der Waals surface area (Å²) < 4.78 is 1.69. The number of carbonyl (C=O) groups is 2. The smallest absolute Gasteiger partial charge is 0.257 e. The Hall–Kier alpha value is -3.75. The van der Waals surface area contributed by atoms with Gasteiger partial charge in [0.05, 0.1) is 17.8 Å². The summed E-state index contributed by atoms with van der Waals surface area (Å²) in [4.78, 5) is 36.9. The van der Waals surface area contributed by atoms with Gasteiger partial charge in [-0.25, -0.2) is 9.97 Å². The summed E-state index contributed by atoms with van der Waals surface area (Å²) in [7, 11) is 3.54. The van der Waals surface area contributed by atoms with Crippen molar-refractivity contribution >= 4 is 23.5 Å². The molecular weight excluding hydrogens is 382 g/mol. The molecule has 9 nitrogen and oxygen atoms in total. The van der Waals surface area contributed by atoms with Gasteiger partial charge in [0.25, 0.3) is 5.91 Å². The molecule has 0 aliphatic carbocycles. The number of fused-ring (bicyclic) bond motifs is 2. The molecule has 152 valence electrons. The number of likely N-dealkylation sites (tertiary alicyclic amines) is 1. The molecule has 2 aliphatic rings. The lowest BCUT2D eigenvalue weighted by Crippen LogP contribution is -2.42. The molecule has 9 heteroatoms. The second-order valence-corrected chi connectivity index (χ2v) is 7.61. The van der Waals surface area contributed by atoms with Gasteiger partial charge < -0.3 is 15.5 Å². The van der Waals surface area contributed by atoms with Gasteiger partial charge in [0.15, 0.2) is 0 Å². The lowest BCUT2D eigenvalue weighted by atomic mass is 9.73. The number of hydrogen-bond acceptors (Lipinski definition) is 6. The Kier molecular flexibility index (Phi) is 4.05. The summed E-state index contributed by atoms with van der Waals surface area (Å²) in [5.41, 5.74) is 2.06. The molecule has 2 aromatic heterocycles. The Morgan fingerprint density at radius 2 is 2.00 bits per heavy atom. The SMILES string of the molecule is CNc1ncc(C(=O)N2CC[C@]3(C(=O)Nc4ccccc43)[C@@H]2c2cnn(C)c2)cn1. The van der Waals surface area contributed by atoms with Crippen LogP contribution in [0.3, 0.4) is 0 Å². The first-order valence-electron chi connectivity index (χ1n) is 9.75. The number of nitrogens with zero attached hydrogens (tertiary/aromatic N) is 5. The van der Waals surface area contributed by atoms with E-state index in [1.165, 1.54) is 12.4 Å². The molecule has 4 heterocycles. The zero-order chi connectivity index (χ0) is 20.9. The lowest BCUT2D eigenvalue weighted by molar-refractivity contribution is -0.121. The van der Waals surface area contributed by atoms with Gasteiger partial charge in [-0.2, -0.15) is 5.10 Å². The van der Waals surface area contributed by atoms with Gasteiger partial charge in [0, 0.05) is 50.5 Å². The first-order chi connectivity index (χ1) is 14.5. The number of carbonyl (C=O) groups excluding carboxylic acids is 2. The van der Waals surface area contributed by atoms with Crippen LogP contribution in [0.25, 0.3) is 0 Å². The Balaban J connectivity index is 1.62. The maximum absolute atomic E-state index is 13.5. The number of hydrogen-bond donors (Lipinski definition) is 2. The molecule has 1 saturated heterocycles.